The van der Waals surface area contributed by atoms with E-state index in [-0.39, 0.29) is 5.91 Å². The van der Waals surface area contributed by atoms with Crippen molar-refractivity contribution in [3.8, 4) is 0 Å². The number of amides is 1. The molecule has 1 saturated heterocycles. The van der Waals surface area contributed by atoms with Crippen LogP contribution in [0.4, 0.5) is 0 Å². The van der Waals surface area contributed by atoms with Gasteiger partial charge in [0.25, 0.3) is 0 Å². The van der Waals surface area contributed by atoms with Gasteiger partial charge in [0.2, 0.25) is 5.91 Å². The number of piperazine rings is 1. The zero-order valence-corrected chi connectivity index (χ0v) is 16.0. The van der Waals surface area contributed by atoms with Crippen LogP contribution in [0, 0.1) is 0 Å². The van der Waals surface area contributed by atoms with E-state index in [0.29, 0.717) is 6.54 Å². The fourth-order valence-electron chi connectivity index (χ4n) is 3.53. The average Bonchev–Trinajstić information content (AvgIpc) is 3.23. The molecule has 3 N–H and O–H groups in total. The maximum absolute atomic E-state index is 11.7. The van der Waals surface area contributed by atoms with Gasteiger partial charge in [-0.25, -0.2) is 4.99 Å². The van der Waals surface area contributed by atoms with E-state index in [0.717, 1.165) is 69.7 Å². The second kappa shape index (κ2) is 7.61. The lowest BCUT2D eigenvalue weighted by Gasteiger charge is -2.43. The van der Waals surface area contributed by atoms with Crippen molar-refractivity contribution >= 4 is 11.9 Å². The maximum Gasteiger partial charge on any atom is 0.237 e. The number of aromatic nitrogens is 3. The van der Waals surface area contributed by atoms with Crippen LogP contribution in [0.1, 0.15) is 38.8 Å². The molecule has 1 amide bonds. The van der Waals surface area contributed by atoms with Crippen molar-refractivity contribution in [2.75, 3.05) is 32.7 Å². The molecule has 0 aromatic carbocycles. The molecule has 2 aliphatic heterocycles. The van der Waals surface area contributed by atoms with E-state index in [1.54, 1.807) is 0 Å². The summed E-state index contributed by atoms with van der Waals surface area (Å²) in [5, 5.41) is 11.9. The summed E-state index contributed by atoms with van der Waals surface area (Å²) in [6.45, 7) is 11.3. The molecule has 1 aromatic rings. The van der Waals surface area contributed by atoms with Crippen molar-refractivity contribution < 1.29 is 4.79 Å². The lowest BCUT2D eigenvalue weighted by Crippen LogP contribution is -2.61. The number of primary amides is 1. The van der Waals surface area contributed by atoms with Gasteiger partial charge in [0.1, 0.15) is 12.4 Å². The van der Waals surface area contributed by atoms with E-state index in [4.69, 9.17) is 10.7 Å². The zero-order chi connectivity index (χ0) is 18.7. The number of carbonyl (C=O) groups excluding carboxylic acids is 1. The molecule has 3 heterocycles. The summed E-state index contributed by atoms with van der Waals surface area (Å²) in [6, 6.07) is 0. The Balaban J connectivity index is 1.64. The van der Waals surface area contributed by atoms with Crippen LogP contribution >= 0.6 is 0 Å². The molecule has 3 rings (SSSR count). The topological polar surface area (TPSA) is 105 Å². The highest BCUT2D eigenvalue weighted by atomic mass is 16.1. The Labute approximate surface area is 154 Å². The van der Waals surface area contributed by atoms with Crippen molar-refractivity contribution in [3.05, 3.63) is 11.6 Å². The quantitative estimate of drug-likeness (QED) is 0.544. The largest absolute Gasteiger partial charge is 0.368 e. The number of nitrogens with zero attached hydrogens (tertiary/aromatic N) is 6. The minimum atomic E-state index is -0.621. The van der Waals surface area contributed by atoms with Gasteiger partial charge in [-0.05, 0) is 27.2 Å². The number of aryl methyl sites for hydroxylation is 1. The van der Waals surface area contributed by atoms with Crippen LogP contribution in [0.5, 0.6) is 0 Å². The number of guanidine groups is 1. The Morgan fingerprint density at radius 1 is 1.23 bits per heavy atom. The maximum atomic E-state index is 11.7. The third kappa shape index (κ3) is 3.67. The molecule has 26 heavy (non-hydrogen) atoms. The van der Waals surface area contributed by atoms with Crippen LogP contribution in [0.25, 0.3) is 0 Å². The lowest BCUT2D eigenvalue weighted by molar-refractivity contribution is -0.129. The first kappa shape index (κ1) is 18.6. The Morgan fingerprint density at radius 2 is 1.96 bits per heavy atom. The average molecular weight is 362 g/mol. The minimum absolute atomic E-state index is 0.285. The Hall–Kier alpha value is -2.16. The van der Waals surface area contributed by atoms with Gasteiger partial charge in [0.15, 0.2) is 11.8 Å². The third-order valence-electron chi connectivity index (χ3n) is 5.36. The first-order valence-electron chi connectivity index (χ1n) is 9.42. The van der Waals surface area contributed by atoms with Crippen molar-refractivity contribution in [3.63, 3.8) is 0 Å². The number of carbonyl (C=O) groups is 1. The van der Waals surface area contributed by atoms with Gasteiger partial charge in [-0.15, -0.1) is 10.2 Å². The van der Waals surface area contributed by atoms with Crippen LogP contribution in [-0.4, -0.2) is 74.7 Å². The number of hydrogen-bond acceptors (Lipinski definition) is 5. The highest BCUT2D eigenvalue weighted by molar-refractivity contribution is 5.84. The number of nitrogens with two attached hydrogens (primary N) is 1. The third-order valence-corrected chi connectivity index (χ3v) is 5.36. The summed E-state index contributed by atoms with van der Waals surface area (Å²) in [7, 11) is 0. The second-order valence-corrected chi connectivity index (χ2v) is 7.36. The predicted octanol–water partition coefficient (Wildman–Crippen LogP) is -0.429. The highest BCUT2D eigenvalue weighted by Crippen LogP contribution is 2.17. The normalized spacial score (nSPS) is 18.9. The van der Waals surface area contributed by atoms with Gasteiger partial charge in [0.05, 0.1) is 5.54 Å². The minimum Gasteiger partial charge on any atom is -0.368 e. The van der Waals surface area contributed by atoms with Gasteiger partial charge >= 0.3 is 0 Å². The number of nitrogens with one attached hydrogen (secondary N) is 1. The van der Waals surface area contributed by atoms with Gasteiger partial charge in [-0.2, -0.15) is 0 Å². The predicted molar refractivity (Wildman–Crippen MR) is 99.6 cm³/mol. The Morgan fingerprint density at radius 3 is 2.62 bits per heavy atom. The summed E-state index contributed by atoms with van der Waals surface area (Å²) in [6.07, 6.45) is 2.15. The Kier molecular flexibility index (Phi) is 5.45. The summed E-state index contributed by atoms with van der Waals surface area (Å²) in [4.78, 5) is 20.8. The van der Waals surface area contributed by atoms with Crippen molar-refractivity contribution in [2.45, 2.75) is 52.2 Å². The molecular formula is C17H30N8O. The molecular weight excluding hydrogens is 332 g/mol. The van der Waals surface area contributed by atoms with Gasteiger partial charge in [0, 0.05) is 45.7 Å². The number of aliphatic imine (C=N–C) groups is 1. The first-order chi connectivity index (χ1) is 12.4. The molecule has 144 valence electrons. The van der Waals surface area contributed by atoms with E-state index in [2.05, 4.69) is 36.8 Å². The fraction of sp³-hybridized carbons (Fsp3) is 0.765. The van der Waals surface area contributed by atoms with Crippen LogP contribution in [0.3, 0.4) is 0 Å². The van der Waals surface area contributed by atoms with E-state index in [9.17, 15) is 4.79 Å². The van der Waals surface area contributed by atoms with Crippen LogP contribution in [0.15, 0.2) is 4.99 Å². The summed E-state index contributed by atoms with van der Waals surface area (Å²) in [5.41, 5.74) is 4.92. The standard InChI is InChI=1S/C17H30N8O/c1-4-19-16(20-12-14-22-21-13-6-5-7-25(13)14)23-8-10-24(11-9-23)17(2,3)15(18)26/h4-12H2,1-3H3,(H2,18,26)(H,19,20). The SMILES string of the molecule is CCNC(=NCc1nnc2n1CCC2)N1CCN(C(C)(C)C(N)=O)CC1. The number of hydrogen-bond donors (Lipinski definition) is 2. The van der Waals surface area contributed by atoms with Crippen LogP contribution < -0.4 is 11.1 Å². The second-order valence-electron chi connectivity index (χ2n) is 7.36. The van der Waals surface area contributed by atoms with Crippen molar-refractivity contribution in [1.82, 2.24) is 29.9 Å². The Bertz CT molecular complexity index is 672. The molecule has 1 aromatic heterocycles. The molecule has 0 spiro atoms. The molecule has 2 aliphatic rings. The van der Waals surface area contributed by atoms with E-state index in [1.165, 1.54) is 0 Å². The molecule has 0 aliphatic carbocycles. The smallest absolute Gasteiger partial charge is 0.237 e. The van der Waals surface area contributed by atoms with Crippen LogP contribution in [-0.2, 0) is 24.3 Å². The first-order valence-corrected chi connectivity index (χ1v) is 9.42. The van der Waals surface area contributed by atoms with E-state index in [1.807, 2.05) is 13.8 Å². The molecule has 0 unspecified atom stereocenters. The number of rotatable bonds is 5. The monoisotopic (exact) mass is 362 g/mol. The van der Waals surface area contributed by atoms with Crippen LogP contribution in [0.2, 0.25) is 0 Å². The summed E-state index contributed by atoms with van der Waals surface area (Å²) in [5.74, 6) is 2.61. The molecule has 1 fully saturated rings. The zero-order valence-electron chi connectivity index (χ0n) is 16.0. The number of fused-ring (bicyclic) bond motifs is 1. The molecule has 0 bridgehead atoms. The molecule has 0 atom stereocenters. The lowest BCUT2D eigenvalue weighted by atomic mass is 10.0. The molecule has 0 saturated carbocycles. The van der Waals surface area contributed by atoms with Crippen molar-refractivity contribution in [2.24, 2.45) is 10.7 Å². The van der Waals surface area contributed by atoms with Crippen molar-refractivity contribution in [1.29, 1.82) is 0 Å². The van der Waals surface area contributed by atoms with Gasteiger partial charge in [-0.1, -0.05) is 0 Å². The van der Waals surface area contributed by atoms with E-state index >= 15 is 0 Å². The molecule has 0 radical (unpaired) electrons. The molecule has 9 nitrogen and oxygen atoms in total. The summed E-state index contributed by atoms with van der Waals surface area (Å²) < 4.78 is 2.18. The highest BCUT2D eigenvalue weighted by Gasteiger charge is 2.35. The fourth-order valence-corrected chi connectivity index (χ4v) is 3.53. The van der Waals surface area contributed by atoms with Gasteiger partial charge in [-0.3, -0.25) is 9.69 Å². The van der Waals surface area contributed by atoms with E-state index < -0.39 is 5.54 Å². The summed E-state index contributed by atoms with van der Waals surface area (Å²) >= 11 is 0. The molecule has 9 heteroatoms. The van der Waals surface area contributed by atoms with Gasteiger partial charge < -0.3 is 20.5 Å².